The zero-order chi connectivity index (χ0) is 12.1. The molecule has 0 aliphatic carbocycles. The predicted octanol–water partition coefficient (Wildman–Crippen LogP) is 4.74. The van der Waals surface area contributed by atoms with Gasteiger partial charge >= 0.3 is 0 Å². The first-order valence-corrected chi connectivity index (χ1v) is 6.49. The normalized spacial score (nSPS) is 10.9. The predicted molar refractivity (Wildman–Crippen MR) is 71.4 cm³/mol. The molecule has 0 aromatic heterocycles. The molecule has 1 N–H and O–H groups in total. The van der Waals surface area contributed by atoms with Crippen molar-refractivity contribution < 1.29 is 4.39 Å². The van der Waals surface area contributed by atoms with E-state index in [1.54, 1.807) is 12.1 Å². The summed E-state index contributed by atoms with van der Waals surface area (Å²) in [5, 5.41) is 3.28. The smallest absolute Gasteiger partial charge is 0.139 e. The highest BCUT2D eigenvalue weighted by atomic mass is 79.9. The summed E-state index contributed by atoms with van der Waals surface area (Å²) in [4.78, 5) is 0. The van der Waals surface area contributed by atoms with Crippen molar-refractivity contribution >= 4 is 21.6 Å². The van der Waals surface area contributed by atoms with Gasteiger partial charge in [0.05, 0.1) is 4.47 Å². The second-order valence-electron chi connectivity index (χ2n) is 4.54. The van der Waals surface area contributed by atoms with Crippen LogP contribution in [0.15, 0.2) is 16.6 Å². The molecule has 3 heteroatoms. The Morgan fingerprint density at radius 1 is 1.38 bits per heavy atom. The molecule has 0 radical (unpaired) electrons. The van der Waals surface area contributed by atoms with Crippen LogP contribution in [-0.4, -0.2) is 6.54 Å². The molecule has 0 saturated heterocycles. The highest BCUT2D eigenvalue weighted by Gasteiger charge is 2.04. The third kappa shape index (κ3) is 4.12. The third-order valence-electron chi connectivity index (χ3n) is 2.54. The van der Waals surface area contributed by atoms with Crippen molar-refractivity contribution in [2.45, 2.75) is 33.6 Å². The van der Waals surface area contributed by atoms with Crippen LogP contribution >= 0.6 is 15.9 Å². The summed E-state index contributed by atoms with van der Waals surface area (Å²) < 4.78 is 13.8. The van der Waals surface area contributed by atoms with Crippen molar-refractivity contribution in [1.29, 1.82) is 0 Å². The topological polar surface area (TPSA) is 12.0 Å². The van der Waals surface area contributed by atoms with Crippen molar-refractivity contribution in [1.82, 2.24) is 0 Å². The van der Waals surface area contributed by atoms with Crippen molar-refractivity contribution in [2.75, 3.05) is 11.9 Å². The first-order valence-electron chi connectivity index (χ1n) is 5.70. The average Bonchev–Trinajstić information content (AvgIpc) is 2.19. The average molecular weight is 288 g/mol. The van der Waals surface area contributed by atoms with Gasteiger partial charge in [-0.15, -0.1) is 0 Å². The molecule has 0 atom stereocenters. The van der Waals surface area contributed by atoms with Crippen LogP contribution in [-0.2, 0) is 0 Å². The number of rotatable bonds is 5. The van der Waals surface area contributed by atoms with Gasteiger partial charge in [0.25, 0.3) is 0 Å². The molecule has 0 fully saturated rings. The Morgan fingerprint density at radius 2 is 2.06 bits per heavy atom. The molecule has 1 rings (SSSR count). The lowest BCUT2D eigenvalue weighted by molar-refractivity contribution is 0.566. The first-order chi connectivity index (χ1) is 7.50. The molecule has 16 heavy (non-hydrogen) atoms. The summed E-state index contributed by atoms with van der Waals surface area (Å²) in [5.74, 6) is 0.515. The van der Waals surface area contributed by atoms with E-state index in [0.717, 1.165) is 30.1 Å². The number of aryl methyl sites for hydroxylation is 1. The quantitative estimate of drug-likeness (QED) is 0.771. The zero-order valence-corrected chi connectivity index (χ0v) is 11.7. The van der Waals surface area contributed by atoms with Gasteiger partial charge in [0.1, 0.15) is 5.82 Å². The number of hydrogen-bond acceptors (Lipinski definition) is 1. The number of halogens is 2. The van der Waals surface area contributed by atoms with Crippen molar-refractivity contribution in [3.63, 3.8) is 0 Å². The Morgan fingerprint density at radius 3 is 2.69 bits per heavy atom. The molecule has 0 saturated carbocycles. The first kappa shape index (κ1) is 13.5. The molecule has 0 heterocycles. The van der Waals surface area contributed by atoms with Gasteiger partial charge in [-0.1, -0.05) is 13.8 Å². The van der Waals surface area contributed by atoms with Gasteiger partial charge < -0.3 is 5.32 Å². The van der Waals surface area contributed by atoms with Crippen molar-refractivity contribution in [3.05, 3.63) is 28.0 Å². The Labute approximate surface area is 106 Å². The molecule has 1 aromatic carbocycles. The molecule has 0 aliphatic rings. The fourth-order valence-electron chi connectivity index (χ4n) is 1.57. The molecule has 1 aromatic rings. The molecular formula is C13H19BrFN. The summed E-state index contributed by atoms with van der Waals surface area (Å²) in [6, 6.07) is 3.36. The van der Waals surface area contributed by atoms with Crippen LogP contribution in [0, 0.1) is 18.7 Å². The van der Waals surface area contributed by atoms with Gasteiger partial charge in [-0.3, -0.25) is 0 Å². The van der Waals surface area contributed by atoms with Gasteiger partial charge in [0.2, 0.25) is 0 Å². The van der Waals surface area contributed by atoms with Crippen molar-refractivity contribution in [3.8, 4) is 0 Å². The molecule has 0 amide bonds. The molecule has 1 nitrogen and oxygen atoms in total. The van der Waals surface area contributed by atoms with E-state index in [9.17, 15) is 4.39 Å². The van der Waals surface area contributed by atoms with Gasteiger partial charge in [0.15, 0.2) is 0 Å². The third-order valence-corrected chi connectivity index (χ3v) is 3.15. The van der Waals surface area contributed by atoms with Crippen LogP contribution < -0.4 is 5.32 Å². The summed E-state index contributed by atoms with van der Waals surface area (Å²) in [6.45, 7) is 7.31. The van der Waals surface area contributed by atoms with Gasteiger partial charge in [-0.05, 0) is 59.3 Å². The van der Waals surface area contributed by atoms with Crippen LogP contribution in [0.5, 0.6) is 0 Å². The highest BCUT2D eigenvalue weighted by Crippen LogP contribution is 2.23. The van der Waals surface area contributed by atoms with Crippen molar-refractivity contribution in [2.24, 2.45) is 5.92 Å². The lowest BCUT2D eigenvalue weighted by atomic mass is 10.1. The summed E-state index contributed by atoms with van der Waals surface area (Å²) in [7, 11) is 0. The maximum Gasteiger partial charge on any atom is 0.139 e. The lowest BCUT2D eigenvalue weighted by Gasteiger charge is -2.11. The minimum atomic E-state index is -0.211. The number of nitrogens with one attached hydrogen (secondary N) is 1. The van der Waals surface area contributed by atoms with E-state index in [0.29, 0.717) is 4.47 Å². The summed E-state index contributed by atoms with van der Waals surface area (Å²) >= 11 is 3.18. The zero-order valence-electron chi connectivity index (χ0n) is 10.1. The number of benzene rings is 1. The molecule has 0 unspecified atom stereocenters. The fraction of sp³-hybridized carbons (Fsp3) is 0.538. The number of hydrogen-bond donors (Lipinski definition) is 1. The molecular weight excluding hydrogens is 269 g/mol. The maximum absolute atomic E-state index is 13.3. The second-order valence-corrected chi connectivity index (χ2v) is 5.40. The standard InChI is InChI=1S/C13H19BrFN/c1-9(2)5-4-6-16-13-8-12(15)11(14)7-10(13)3/h7-9,16H,4-6H2,1-3H3. The molecule has 0 spiro atoms. The Balaban J connectivity index is 2.51. The summed E-state index contributed by atoms with van der Waals surface area (Å²) in [5.41, 5.74) is 1.96. The van der Waals surface area contributed by atoms with Gasteiger partial charge in [0, 0.05) is 12.2 Å². The minimum absolute atomic E-state index is 0.211. The van der Waals surface area contributed by atoms with Gasteiger partial charge in [-0.25, -0.2) is 4.39 Å². The minimum Gasteiger partial charge on any atom is -0.385 e. The Bertz CT molecular complexity index is 350. The molecule has 0 aliphatic heterocycles. The van der Waals surface area contributed by atoms with E-state index < -0.39 is 0 Å². The Hall–Kier alpha value is -0.570. The number of anilines is 1. The highest BCUT2D eigenvalue weighted by molar-refractivity contribution is 9.10. The van der Waals surface area contributed by atoms with Crippen LogP contribution in [0.1, 0.15) is 32.3 Å². The van der Waals surface area contributed by atoms with Crippen LogP contribution in [0.3, 0.4) is 0 Å². The SMILES string of the molecule is Cc1cc(Br)c(F)cc1NCCCC(C)C. The van der Waals surface area contributed by atoms with E-state index in [1.165, 1.54) is 6.42 Å². The van der Waals surface area contributed by atoms with Crippen LogP contribution in [0.4, 0.5) is 10.1 Å². The van der Waals surface area contributed by atoms with E-state index in [2.05, 4.69) is 35.1 Å². The molecule has 90 valence electrons. The van der Waals surface area contributed by atoms with Crippen LogP contribution in [0.2, 0.25) is 0 Å². The molecule has 0 bridgehead atoms. The Kier molecular flexibility index (Phi) is 5.26. The maximum atomic E-state index is 13.3. The van der Waals surface area contributed by atoms with Crippen LogP contribution in [0.25, 0.3) is 0 Å². The lowest BCUT2D eigenvalue weighted by Crippen LogP contribution is -2.04. The van der Waals surface area contributed by atoms with Gasteiger partial charge in [-0.2, -0.15) is 0 Å². The summed E-state index contributed by atoms with van der Waals surface area (Å²) in [6.07, 6.45) is 2.32. The van der Waals surface area contributed by atoms with E-state index >= 15 is 0 Å². The van der Waals surface area contributed by atoms with E-state index in [-0.39, 0.29) is 5.82 Å². The monoisotopic (exact) mass is 287 g/mol. The largest absolute Gasteiger partial charge is 0.385 e. The van der Waals surface area contributed by atoms with E-state index in [4.69, 9.17) is 0 Å². The fourth-order valence-corrected chi connectivity index (χ4v) is 2.03. The second kappa shape index (κ2) is 6.24. The van der Waals surface area contributed by atoms with E-state index in [1.807, 2.05) is 6.92 Å².